The number of thiophene rings is 1. The highest BCUT2D eigenvalue weighted by Gasteiger charge is 2.22. The molecule has 4 rings (SSSR count). The highest BCUT2D eigenvalue weighted by molar-refractivity contribution is 7.19. The van der Waals surface area contributed by atoms with Gasteiger partial charge >= 0.3 is 0 Å². The van der Waals surface area contributed by atoms with Crippen molar-refractivity contribution in [1.82, 2.24) is 9.97 Å². The monoisotopic (exact) mass is 257 g/mol. The Morgan fingerprint density at radius 1 is 1.17 bits per heavy atom. The number of nitrogens with one attached hydrogen (secondary N) is 1. The van der Waals surface area contributed by atoms with E-state index in [4.69, 9.17) is 0 Å². The van der Waals surface area contributed by atoms with Gasteiger partial charge in [-0.1, -0.05) is 12.2 Å². The van der Waals surface area contributed by atoms with Crippen molar-refractivity contribution in [3.8, 4) is 0 Å². The zero-order chi connectivity index (χ0) is 11.9. The van der Waals surface area contributed by atoms with E-state index in [2.05, 4.69) is 27.4 Å². The Hall–Kier alpha value is -1.42. The molecule has 0 unspecified atom stereocenters. The topological polar surface area (TPSA) is 37.8 Å². The molecular formula is C14H15N3S. The first-order valence-corrected chi connectivity index (χ1v) is 7.40. The van der Waals surface area contributed by atoms with Crippen LogP contribution >= 0.6 is 11.3 Å². The van der Waals surface area contributed by atoms with Gasteiger partial charge in [-0.25, -0.2) is 9.97 Å². The van der Waals surface area contributed by atoms with Gasteiger partial charge < -0.3 is 5.32 Å². The first kappa shape index (κ1) is 10.5. The third kappa shape index (κ3) is 1.56. The maximum Gasteiger partial charge on any atom is 0.138 e. The van der Waals surface area contributed by atoms with Crippen molar-refractivity contribution < 1.29 is 0 Å². The number of hydrogen-bond acceptors (Lipinski definition) is 4. The van der Waals surface area contributed by atoms with E-state index in [1.54, 1.807) is 6.33 Å². The second kappa shape index (κ2) is 4.05. The minimum absolute atomic E-state index is 0.514. The van der Waals surface area contributed by atoms with Gasteiger partial charge in [0.1, 0.15) is 17.0 Å². The molecule has 0 aromatic carbocycles. The van der Waals surface area contributed by atoms with Crippen molar-refractivity contribution in [2.45, 2.75) is 38.1 Å². The maximum atomic E-state index is 4.48. The van der Waals surface area contributed by atoms with Gasteiger partial charge in [-0.15, -0.1) is 11.3 Å². The lowest BCUT2D eigenvalue weighted by Gasteiger charge is -2.13. The van der Waals surface area contributed by atoms with E-state index in [0.29, 0.717) is 6.04 Å². The summed E-state index contributed by atoms with van der Waals surface area (Å²) < 4.78 is 0. The fourth-order valence-electron chi connectivity index (χ4n) is 2.97. The molecule has 2 heterocycles. The van der Waals surface area contributed by atoms with Gasteiger partial charge in [0.25, 0.3) is 0 Å². The summed E-state index contributed by atoms with van der Waals surface area (Å²) in [5, 5.41) is 4.89. The van der Waals surface area contributed by atoms with E-state index in [0.717, 1.165) is 23.5 Å². The Balaban J connectivity index is 1.79. The molecular weight excluding hydrogens is 242 g/mol. The van der Waals surface area contributed by atoms with E-state index in [1.165, 1.54) is 35.1 Å². The average molecular weight is 257 g/mol. The predicted molar refractivity (Wildman–Crippen MR) is 75.2 cm³/mol. The highest BCUT2D eigenvalue weighted by atomic mass is 32.1. The molecule has 3 nitrogen and oxygen atoms in total. The van der Waals surface area contributed by atoms with Gasteiger partial charge in [-0.05, 0) is 37.7 Å². The molecule has 0 spiro atoms. The van der Waals surface area contributed by atoms with Gasteiger partial charge in [0, 0.05) is 10.9 Å². The second-order valence-corrected chi connectivity index (χ2v) is 6.13. The molecule has 1 N–H and O–H groups in total. The second-order valence-electron chi connectivity index (χ2n) is 5.04. The van der Waals surface area contributed by atoms with E-state index in [-0.39, 0.29) is 0 Å². The first-order valence-electron chi connectivity index (χ1n) is 6.58. The zero-order valence-electron chi connectivity index (χ0n) is 10.1. The minimum atomic E-state index is 0.514. The van der Waals surface area contributed by atoms with Gasteiger partial charge in [-0.3, -0.25) is 0 Å². The Morgan fingerprint density at radius 2 is 2.06 bits per heavy atom. The smallest absolute Gasteiger partial charge is 0.138 e. The largest absolute Gasteiger partial charge is 0.366 e. The van der Waals surface area contributed by atoms with Crippen molar-refractivity contribution in [2.24, 2.45) is 0 Å². The SMILES string of the molecule is C1=CCC(Nc2ncnc3sc4c(c23)CCC4)C1. The lowest BCUT2D eigenvalue weighted by Crippen LogP contribution is -2.16. The molecule has 4 heteroatoms. The lowest BCUT2D eigenvalue weighted by atomic mass is 10.1. The fraction of sp³-hybridized carbons (Fsp3) is 0.429. The molecule has 0 atom stereocenters. The quantitative estimate of drug-likeness (QED) is 0.839. The molecule has 0 saturated carbocycles. The molecule has 0 amide bonds. The van der Waals surface area contributed by atoms with E-state index < -0.39 is 0 Å². The fourth-order valence-corrected chi connectivity index (χ4v) is 4.20. The molecule has 0 radical (unpaired) electrons. The summed E-state index contributed by atoms with van der Waals surface area (Å²) in [4.78, 5) is 11.6. The van der Waals surface area contributed by atoms with E-state index >= 15 is 0 Å². The number of fused-ring (bicyclic) bond motifs is 3. The van der Waals surface area contributed by atoms with Crippen LogP contribution < -0.4 is 5.32 Å². The van der Waals surface area contributed by atoms with Crippen molar-refractivity contribution in [1.29, 1.82) is 0 Å². The summed E-state index contributed by atoms with van der Waals surface area (Å²) in [5.74, 6) is 1.05. The van der Waals surface area contributed by atoms with Crippen LogP contribution in [0.25, 0.3) is 10.2 Å². The van der Waals surface area contributed by atoms with Crippen LogP contribution in [0.5, 0.6) is 0 Å². The van der Waals surface area contributed by atoms with Crippen LogP contribution in [0.3, 0.4) is 0 Å². The molecule has 0 bridgehead atoms. The molecule has 0 fully saturated rings. The molecule has 2 aliphatic carbocycles. The number of hydrogen-bond donors (Lipinski definition) is 1. The number of nitrogens with zero attached hydrogens (tertiary/aromatic N) is 2. The van der Waals surface area contributed by atoms with Crippen LogP contribution in [0, 0.1) is 0 Å². The van der Waals surface area contributed by atoms with Crippen LogP contribution in [0.15, 0.2) is 18.5 Å². The molecule has 2 aliphatic rings. The minimum Gasteiger partial charge on any atom is -0.366 e. The van der Waals surface area contributed by atoms with E-state index in [1.807, 2.05) is 11.3 Å². The molecule has 18 heavy (non-hydrogen) atoms. The van der Waals surface area contributed by atoms with Crippen LogP contribution in [0.1, 0.15) is 29.7 Å². The Bertz CT molecular complexity index is 621. The zero-order valence-corrected chi connectivity index (χ0v) is 11.0. The Kier molecular flexibility index (Phi) is 2.36. The third-order valence-corrected chi connectivity index (χ3v) is 5.05. The summed E-state index contributed by atoms with van der Waals surface area (Å²) in [5.41, 5.74) is 1.50. The standard InChI is InChI=1S/C14H15N3S/c1-2-5-9(4-1)17-13-12-10-6-3-7-11(10)18-14(12)16-8-15-13/h1-2,8-9H,3-7H2,(H,15,16,17). The van der Waals surface area contributed by atoms with Crippen LogP contribution in [0.2, 0.25) is 0 Å². The van der Waals surface area contributed by atoms with Gasteiger partial charge in [0.2, 0.25) is 0 Å². The summed E-state index contributed by atoms with van der Waals surface area (Å²) in [6.45, 7) is 0. The van der Waals surface area contributed by atoms with Crippen molar-refractivity contribution in [3.05, 3.63) is 28.9 Å². The Labute approximate surface area is 110 Å². The number of aryl methyl sites for hydroxylation is 2. The van der Waals surface area contributed by atoms with Crippen LogP contribution in [0.4, 0.5) is 5.82 Å². The molecule has 92 valence electrons. The average Bonchev–Trinajstić information content (AvgIpc) is 3.03. The molecule has 2 aromatic heterocycles. The van der Waals surface area contributed by atoms with Crippen molar-refractivity contribution in [3.63, 3.8) is 0 Å². The molecule has 0 aliphatic heterocycles. The summed E-state index contributed by atoms with van der Waals surface area (Å²) in [7, 11) is 0. The summed E-state index contributed by atoms with van der Waals surface area (Å²) in [6, 6.07) is 0.514. The third-order valence-electron chi connectivity index (χ3n) is 3.85. The highest BCUT2D eigenvalue weighted by Crippen LogP contribution is 2.39. The number of aromatic nitrogens is 2. The van der Waals surface area contributed by atoms with Gasteiger partial charge in [0.05, 0.1) is 5.39 Å². The number of anilines is 1. The normalized spacial score (nSPS) is 18.7. The van der Waals surface area contributed by atoms with Crippen LogP contribution in [-0.4, -0.2) is 16.0 Å². The predicted octanol–water partition coefficient (Wildman–Crippen LogP) is 3.31. The van der Waals surface area contributed by atoms with Crippen molar-refractivity contribution in [2.75, 3.05) is 5.32 Å². The van der Waals surface area contributed by atoms with Crippen molar-refractivity contribution >= 4 is 27.4 Å². The number of rotatable bonds is 2. The maximum absolute atomic E-state index is 4.48. The lowest BCUT2D eigenvalue weighted by molar-refractivity contribution is 0.782. The van der Waals surface area contributed by atoms with Gasteiger partial charge in [0.15, 0.2) is 0 Å². The van der Waals surface area contributed by atoms with Crippen LogP contribution in [-0.2, 0) is 12.8 Å². The molecule has 2 aromatic rings. The van der Waals surface area contributed by atoms with E-state index in [9.17, 15) is 0 Å². The van der Waals surface area contributed by atoms with Gasteiger partial charge in [-0.2, -0.15) is 0 Å². The summed E-state index contributed by atoms with van der Waals surface area (Å²) in [6.07, 6.45) is 12.1. The molecule has 0 saturated heterocycles. The Morgan fingerprint density at radius 3 is 2.94 bits per heavy atom. The summed E-state index contributed by atoms with van der Waals surface area (Å²) >= 11 is 1.85. The first-order chi connectivity index (χ1) is 8.92.